The summed E-state index contributed by atoms with van der Waals surface area (Å²) < 4.78 is 34.0. The normalized spacial score (nSPS) is 14.0. The Morgan fingerprint density at radius 3 is 2.47 bits per heavy atom. The fraction of sp³-hybridized carbons (Fsp3) is 0.308. The first-order valence-electron chi connectivity index (χ1n) is 16.4. The van der Waals surface area contributed by atoms with Gasteiger partial charge in [0.15, 0.2) is 11.6 Å². The van der Waals surface area contributed by atoms with Gasteiger partial charge in [0.2, 0.25) is 0 Å². The maximum atomic E-state index is 13.6. The van der Waals surface area contributed by atoms with Gasteiger partial charge in [0.1, 0.15) is 11.6 Å². The van der Waals surface area contributed by atoms with Crippen LogP contribution < -0.4 is 4.74 Å². The Morgan fingerprint density at radius 1 is 0.936 bits per heavy atom. The lowest BCUT2D eigenvalue weighted by Gasteiger charge is -2.32. The first-order chi connectivity index (χ1) is 22.9. The average Bonchev–Trinajstić information content (AvgIpc) is 3.69. The quantitative estimate of drug-likeness (QED) is 0.125. The van der Waals surface area contributed by atoms with E-state index < -0.39 is 0 Å². The third-order valence-corrected chi connectivity index (χ3v) is 10.1. The summed E-state index contributed by atoms with van der Waals surface area (Å²) in [6, 6.07) is 26.1. The van der Waals surface area contributed by atoms with Crippen molar-refractivity contribution >= 4 is 33.6 Å². The summed E-state index contributed by atoms with van der Waals surface area (Å²) in [5.41, 5.74) is 5.71. The van der Waals surface area contributed by atoms with Crippen molar-refractivity contribution in [3.8, 4) is 11.6 Å². The van der Waals surface area contributed by atoms with Gasteiger partial charge in [-0.05, 0) is 142 Å². The van der Waals surface area contributed by atoms with E-state index in [4.69, 9.17) is 4.74 Å². The molecule has 3 aromatic heterocycles. The fourth-order valence-corrected chi connectivity index (χ4v) is 7.41. The second-order valence-electron chi connectivity index (χ2n) is 12.1. The van der Waals surface area contributed by atoms with Crippen LogP contribution in [0.15, 0.2) is 96.0 Å². The van der Waals surface area contributed by atoms with Crippen molar-refractivity contribution in [2.24, 2.45) is 0 Å². The molecule has 0 bridgehead atoms. The molecular weight excluding hydrogens is 611 g/mol. The van der Waals surface area contributed by atoms with Crippen molar-refractivity contribution in [3.63, 3.8) is 0 Å². The molecular formula is C39H42F2N4OS. The molecule has 0 saturated carbocycles. The molecule has 1 fully saturated rings. The van der Waals surface area contributed by atoms with Crippen molar-refractivity contribution in [3.05, 3.63) is 120 Å². The molecule has 0 aliphatic carbocycles. The van der Waals surface area contributed by atoms with E-state index >= 15 is 0 Å². The van der Waals surface area contributed by atoms with Crippen LogP contribution in [0.3, 0.4) is 0 Å². The summed E-state index contributed by atoms with van der Waals surface area (Å²) in [7, 11) is 1.67. The molecule has 244 valence electrons. The number of nitrogens with zero attached hydrogens (tertiary/aromatic N) is 3. The maximum absolute atomic E-state index is 13.6. The molecule has 1 aliphatic heterocycles. The number of piperidine rings is 1. The fourth-order valence-electron chi connectivity index (χ4n) is 6.58. The van der Waals surface area contributed by atoms with Crippen LogP contribution in [0.4, 0.5) is 8.78 Å². The van der Waals surface area contributed by atoms with Gasteiger partial charge in [0.25, 0.3) is 0 Å². The summed E-state index contributed by atoms with van der Waals surface area (Å²) in [6.07, 6.45) is 6.42. The van der Waals surface area contributed by atoms with E-state index in [2.05, 4.69) is 44.6 Å². The number of rotatable bonds is 9. The van der Waals surface area contributed by atoms with Crippen molar-refractivity contribution in [2.45, 2.75) is 50.3 Å². The lowest BCUT2D eigenvalue weighted by atomic mass is 9.87. The predicted octanol–water partition coefficient (Wildman–Crippen LogP) is 9.71. The average molecular weight is 653 g/mol. The summed E-state index contributed by atoms with van der Waals surface area (Å²) >= 11 is 1.80. The van der Waals surface area contributed by atoms with Crippen LogP contribution >= 0.6 is 11.8 Å². The highest BCUT2D eigenvalue weighted by Crippen LogP contribution is 2.36. The maximum Gasteiger partial charge on any atom is 0.180 e. The van der Waals surface area contributed by atoms with Gasteiger partial charge in [-0.2, -0.15) is 0 Å². The van der Waals surface area contributed by atoms with Gasteiger partial charge < -0.3 is 14.6 Å². The number of halogens is 2. The largest absolute Gasteiger partial charge is 0.493 e. The predicted molar refractivity (Wildman–Crippen MR) is 190 cm³/mol. The lowest BCUT2D eigenvalue weighted by Crippen LogP contribution is -2.34. The van der Waals surface area contributed by atoms with Crippen molar-refractivity contribution in [1.29, 1.82) is 0 Å². The van der Waals surface area contributed by atoms with E-state index in [9.17, 15) is 8.78 Å². The monoisotopic (exact) mass is 652 g/mol. The van der Waals surface area contributed by atoms with Gasteiger partial charge in [-0.1, -0.05) is 25.1 Å². The third-order valence-electron chi connectivity index (χ3n) is 8.96. The molecule has 0 unspecified atom stereocenters. The standard InChI is InChI=1S/C24H28F2N2S.C15H14N2O/c1-2-22-24(21-9-6-19(26)16-23(21)27-22)17-10-13-28(14-11-17)12-3-15-29-20-7-4-18(25)5-8-20;1-11-7-8-14(18-2)15(16-11)17-10-9-12-5-3-4-6-13(12)17/h4-9,16-17,27H,2-3,10-15H2,1H3;3-10H,1-2H3. The number of benzene rings is 3. The molecule has 6 aromatic rings. The summed E-state index contributed by atoms with van der Waals surface area (Å²) in [5, 5.41) is 2.39. The number of aryl methyl sites for hydroxylation is 2. The number of thioether (sulfide) groups is 1. The highest BCUT2D eigenvalue weighted by molar-refractivity contribution is 7.99. The first kappa shape index (κ1) is 32.8. The van der Waals surface area contributed by atoms with Crippen LogP contribution in [0.5, 0.6) is 5.75 Å². The lowest BCUT2D eigenvalue weighted by molar-refractivity contribution is 0.213. The smallest absolute Gasteiger partial charge is 0.180 e. The molecule has 1 aliphatic rings. The second-order valence-corrected chi connectivity index (χ2v) is 13.2. The van der Waals surface area contributed by atoms with Crippen LogP contribution in [-0.4, -0.2) is 51.9 Å². The number of H-pyrrole nitrogens is 1. The van der Waals surface area contributed by atoms with Crippen molar-refractivity contribution < 1.29 is 13.5 Å². The first-order valence-corrected chi connectivity index (χ1v) is 17.4. The summed E-state index contributed by atoms with van der Waals surface area (Å²) in [5.74, 6) is 2.86. The number of hydrogen-bond donors (Lipinski definition) is 1. The Hall–Kier alpha value is -4.14. The van der Waals surface area contributed by atoms with E-state index in [0.717, 1.165) is 84.3 Å². The van der Waals surface area contributed by atoms with E-state index in [-0.39, 0.29) is 11.6 Å². The molecule has 3 aromatic carbocycles. The van der Waals surface area contributed by atoms with E-state index in [1.165, 1.54) is 34.2 Å². The van der Waals surface area contributed by atoms with Crippen molar-refractivity contribution in [2.75, 3.05) is 32.5 Å². The number of nitrogens with one attached hydrogen (secondary N) is 1. The van der Waals surface area contributed by atoms with Crippen molar-refractivity contribution in [1.82, 2.24) is 19.4 Å². The van der Waals surface area contributed by atoms with E-state index in [1.54, 1.807) is 31.0 Å². The number of aromatic nitrogens is 3. The molecule has 47 heavy (non-hydrogen) atoms. The molecule has 4 heterocycles. The SMILES string of the molecule is CCc1[nH]c2cc(F)ccc2c1C1CCN(CCCSc2ccc(F)cc2)CC1.COc1ccc(C)nc1-n1ccc2ccccc21. The number of aromatic amines is 1. The van der Waals surface area contributed by atoms with Crippen LogP contribution in [0.2, 0.25) is 0 Å². The van der Waals surface area contributed by atoms with Crippen LogP contribution in [0, 0.1) is 18.6 Å². The number of hydrogen-bond acceptors (Lipinski definition) is 4. The molecule has 8 heteroatoms. The Labute approximate surface area is 280 Å². The molecule has 0 spiro atoms. The highest BCUT2D eigenvalue weighted by atomic mass is 32.2. The number of ether oxygens (including phenoxy) is 1. The van der Waals surface area contributed by atoms with Gasteiger partial charge in [-0.3, -0.25) is 4.57 Å². The van der Waals surface area contributed by atoms with E-state index in [1.807, 2.05) is 55.6 Å². The highest BCUT2D eigenvalue weighted by Gasteiger charge is 2.25. The van der Waals surface area contributed by atoms with Crippen LogP contribution in [-0.2, 0) is 6.42 Å². The zero-order valence-electron chi connectivity index (χ0n) is 27.3. The Bertz CT molecular complexity index is 1930. The Kier molecular flexibility index (Phi) is 10.6. The van der Waals surface area contributed by atoms with Gasteiger partial charge in [0.05, 0.1) is 12.6 Å². The number of likely N-dealkylation sites (tertiary alicyclic amines) is 1. The van der Waals surface area contributed by atoms with Gasteiger partial charge in [0, 0.05) is 33.4 Å². The summed E-state index contributed by atoms with van der Waals surface area (Å²) in [4.78, 5) is 11.7. The molecule has 0 amide bonds. The molecule has 7 rings (SSSR count). The Balaban J connectivity index is 0.000000183. The molecule has 0 radical (unpaired) electrons. The zero-order valence-corrected chi connectivity index (χ0v) is 28.1. The molecule has 1 N–H and O–H groups in total. The van der Waals surface area contributed by atoms with Crippen LogP contribution in [0.1, 0.15) is 49.1 Å². The third kappa shape index (κ3) is 7.71. The topological polar surface area (TPSA) is 46.1 Å². The minimum absolute atomic E-state index is 0.177. The second kappa shape index (κ2) is 15.2. The number of para-hydroxylation sites is 1. The molecule has 0 atom stereocenters. The minimum Gasteiger partial charge on any atom is -0.493 e. The van der Waals surface area contributed by atoms with Gasteiger partial charge in [-0.25, -0.2) is 13.8 Å². The van der Waals surface area contributed by atoms with Crippen LogP contribution in [0.25, 0.3) is 27.6 Å². The van der Waals surface area contributed by atoms with Gasteiger partial charge in [-0.15, -0.1) is 11.8 Å². The van der Waals surface area contributed by atoms with E-state index in [0.29, 0.717) is 5.92 Å². The Morgan fingerprint density at radius 2 is 1.70 bits per heavy atom. The molecule has 1 saturated heterocycles. The zero-order chi connectivity index (χ0) is 32.8. The molecule has 5 nitrogen and oxygen atoms in total. The number of fused-ring (bicyclic) bond motifs is 2. The summed E-state index contributed by atoms with van der Waals surface area (Å²) in [6.45, 7) is 7.49. The minimum atomic E-state index is -0.179. The van der Waals surface area contributed by atoms with Gasteiger partial charge >= 0.3 is 0 Å². The number of methoxy groups -OCH3 is 1. The number of pyridine rings is 1.